The summed E-state index contributed by atoms with van der Waals surface area (Å²) in [7, 11) is 0. The first-order valence-corrected chi connectivity index (χ1v) is 9.12. The van der Waals surface area contributed by atoms with Gasteiger partial charge in [-0.05, 0) is 24.3 Å². The molecule has 3 aromatic rings. The lowest BCUT2D eigenvalue weighted by Gasteiger charge is -2.29. The highest BCUT2D eigenvalue weighted by atomic mass is 19.1. The van der Waals surface area contributed by atoms with Gasteiger partial charge in [0.2, 0.25) is 0 Å². The summed E-state index contributed by atoms with van der Waals surface area (Å²) in [5, 5.41) is 9.60. The number of halogens is 3. The fourth-order valence-corrected chi connectivity index (χ4v) is 3.59. The molecule has 29 heavy (non-hydrogen) atoms. The molecular weight excluding hydrogens is 383 g/mol. The number of aromatic amines is 1. The van der Waals surface area contributed by atoms with Crippen LogP contribution in [0.5, 0.6) is 0 Å². The number of aromatic nitrogens is 2. The Hall–Kier alpha value is -3.33. The Morgan fingerprint density at radius 3 is 2.52 bits per heavy atom. The van der Waals surface area contributed by atoms with Crippen LogP contribution in [0.25, 0.3) is 11.3 Å². The number of morpholine rings is 1. The monoisotopic (exact) mass is 399 g/mol. The van der Waals surface area contributed by atoms with Gasteiger partial charge in [-0.2, -0.15) is 5.10 Å². The minimum atomic E-state index is -0.796. The molecule has 0 radical (unpaired) electrons. The predicted octanol–water partition coefficient (Wildman–Crippen LogP) is 3.83. The second-order valence-corrected chi connectivity index (χ2v) is 6.76. The first-order valence-electron chi connectivity index (χ1n) is 9.12. The summed E-state index contributed by atoms with van der Waals surface area (Å²) in [6.07, 6.45) is 1.43. The predicted molar refractivity (Wildman–Crippen MR) is 103 cm³/mol. The molecule has 2 aliphatic rings. The summed E-state index contributed by atoms with van der Waals surface area (Å²) in [6.45, 7) is 2.41. The number of rotatable bonds is 2. The van der Waals surface area contributed by atoms with Crippen molar-refractivity contribution in [1.82, 2.24) is 10.2 Å². The molecule has 3 heterocycles. The lowest BCUT2D eigenvalue weighted by Crippen LogP contribution is -2.36. The Morgan fingerprint density at radius 1 is 1.00 bits per heavy atom. The van der Waals surface area contributed by atoms with E-state index < -0.39 is 17.5 Å². The van der Waals surface area contributed by atoms with Crippen molar-refractivity contribution in [3.63, 3.8) is 0 Å². The summed E-state index contributed by atoms with van der Waals surface area (Å²) in [5.41, 5.74) is 1.71. The summed E-state index contributed by atoms with van der Waals surface area (Å²) in [4.78, 5) is 6.34. The fourth-order valence-electron chi connectivity index (χ4n) is 3.59. The van der Waals surface area contributed by atoms with Gasteiger partial charge in [0.15, 0.2) is 0 Å². The zero-order valence-corrected chi connectivity index (χ0v) is 15.2. The normalized spacial score (nSPS) is 15.8. The lowest BCUT2D eigenvalue weighted by atomic mass is 10.1. The van der Waals surface area contributed by atoms with Gasteiger partial charge in [-0.1, -0.05) is 6.07 Å². The highest BCUT2D eigenvalue weighted by Gasteiger charge is 2.26. The second-order valence-electron chi connectivity index (χ2n) is 6.76. The van der Waals surface area contributed by atoms with Gasteiger partial charge in [0, 0.05) is 24.3 Å². The number of fused-ring (bicyclic) bond motifs is 3. The van der Waals surface area contributed by atoms with E-state index in [1.54, 1.807) is 0 Å². The number of aliphatic imine (C=N–C) groups is 1. The maximum Gasteiger partial charge on any atom is 0.149 e. The largest absolute Gasteiger partial charge is 0.378 e. The van der Waals surface area contributed by atoms with Crippen molar-refractivity contribution >= 4 is 22.9 Å². The fraction of sp³-hybridized carbons (Fsp3) is 0.200. The molecule has 9 heteroatoms. The van der Waals surface area contributed by atoms with Crippen molar-refractivity contribution in [3.8, 4) is 11.3 Å². The van der Waals surface area contributed by atoms with Crippen LogP contribution in [-0.2, 0) is 4.74 Å². The molecule has 0 atom stereocenters. The Labute approximate surface area is 164 Å². The van der Waals surface area contributed by atoms with Crippen LogP contribution in [0, 0.1) is 17.5 Å². The topological polar surface area (TPSA) is 65.5 Å². The van der Waals surface area contributed by atoms with E-state index in [1.165, 1.54) is 18.3 Å². The Balaban J connectivity index is 1.67. The van der Waals surface area contributed by atoms with Gasteiger partial charge < -0.3 is 15.0 Å². The van der Waals surface area contributed by atoms with Gasteiger partial charge in [0.1, 0.15) is 29.0 Å². The molecule has 0 unspecified atom stereocenters. The first-order chi connectivity index (χ1) is 14.1. The van der Waals surface area contributed by atoms with Crippen LogP contribution in [0.2, 0.25) is 0 Å². The van der Waals surface area contributed by atoms with Crippen molar-refractivity contribution in [2.24, 2.45) is 4.99 Å². The standard InChI is InChI=1S/C20H16F3N5O/c21-13-2-1-3-14(22)17(13)20-25-16-10-24-27-19(16)12-8-11(9-15(23)18(12)26-20)28-4-6-29-7-5-28/h1-3,8-10H,4-7H2,(H,24,27)(H,25,26). The van der Waals surface area contributed by atoms with Crippen LogP contribution in [0.3, 0.4) is 0 Å². The number of nitrogens with one attached hydrogen (secondary N) is 2. The maximum absolute atomic E-state index is 15.2. The molecule has 5 rings (SSSR count). The summed E-state index contributed by atoms with van der Waals surface area (Å²) >= 11 is 0. The van der Waals surface area contributed by atoms with Gasteiger partial charge in [-0.25, -0.2) is 18.2 Å². The number of amidine groups is 1. The van der Waals surface area contributed by atoms with Gasteiger partial charge >= 0.3 is 0 Å². The molecule has 6 nitrogen and oxygen atoms in total. The van der Waals surface area contributed by atoms with Crippen molar-refractivity contribution in [2.45, 2.75) is 0 Å². The van der Waals surface area contributed by atoms with E-state index in [2.05, 4.69) is 20.5 Å². The summed E-state index contributed by atoms with van der Waals surface area (Å²) < 4.78 is 49.2. The van der Waals surface area contributed by atoms with Crippen LogP contribution < -0.4 is 10.2 Å². The molecule has 148 valence electrons. The SMILES string of the molecule is Fc1cc(N2CCOCC2)cc2c1NC(c1c(F)cccc1F)=Nc1cn[nH]c1-2. The maximum atomic E-state index is 15.2. The van der Waals surface area contributed by atoms with E-state index >= 15 is 4.39 Å². The van der Waals surface area contributed by atoms with Crippen LogP contribution in [0.15, 0.2) is 41.5 Å². The van der Waals surface area contributed by atoms with Crippen LogP contribution in [0.4, 0.5) is 30.2 Å². The van der Waals surface area contributed by atoms with E-state index in [0.717, 1.165) is 12.1 Å². The number of hydrogen-bond acceptors (Lipinski definition) is 5. The summed E-state index contributed by atoms with van der Waals surface area (Å²) in [5.74, 6) is -2.28. The lowest BCUT2D eigenvalue weighted by molar-refractivity contribution is 0.122. The average molecular weight is 399 g/mol. The smallest absolute Gasteiger partial charge is 0.149 e. The zero-order chi connectivity index (χ0) is 20.0. The van der Waals surface area contributed by atoms with Crippen molar-refractivity contribution in [1.29, 1.82) is 0 Å². The number of nitrogens with zero attached hydrogens (tertiary/aromatic N) is 3. The third kappa shape index (κ3) is 3.03. The molecule has 2 aliphatic heterocycles. The molecule has 0 saturated carbocycles. The van der Waals surface area contributed by atoms with Crippen LogP contribution >= 0.6 is 0 Å². The average Bonchev–Trinajstić information content (AvgIpc) is 3.11. The Bertz CT molecular complexity index is 1100. The molecule has 2 aromatic carbocycles. The Kier molecular flexibility index (Phi) is 4.24. The van der Waals surface area contributed by atoms with Crippen LogP contribution in [0.1, 0.15) is 5.56 Å². The highest BCUT2D eigenvalue weighted by molar-refractivity contribution is 6.13. The van der Waals surface area contributed by atoms with E-state index in [9.17, 15) is 8.78 Å². The van der Waals surface area contributed by atoms with Crippen LogP contribution in [-0.4, -0.2) is 42.3 Å². The molecule has 1 saturated heterocycles. The van der Waals surface area contributed by atoms with E-state index in [4.69, 9.17) is 4.74 Å². The van der Waals surface area contributed by atoms with Crippen molar-refractivity contribution < 1.29 is 17.9 Å². The third-order valence-electron chi connectivity index (χ3n) is 5.02. The van der Waals surface area contributed by atoms with E-state index in [1.807, 2.05) is 11.0 Å². The quantitative estimate of drug-likeness (QED) is 0.687. The molecule has 0 aliphatic carbocycles. The minimum Gasteiger partial charge on any atom is -0.378 e. The molecule has 0 spiro atoms. The number of H-pyrrole nitrogens is 1. The molecule has 1 aromatic heterocycles. The van der Waals surface area contributed by atoms with Crippen molar-refractivity contribution in [2.75, 3.05) is 36.5 Å². The van der Waals surface area contributed by atoms with E-state index in [0.29, 0.717) is 48.9 Å². The zero-order valence-electron chi connectivity index (χ0n) is 15.2. The molecule has 2 N–H and O–H groups in total. The number of ether oxygens (including phenoxy) is 1. The third-order valence-corrected chi connectivity index (χ3v) is 5.02. The molecular formula is C20H16F3N5O. The minimum absolute atomic E-state index is 0.0754. The van der Waals surface area contributed by atoms with E-state index in [-0.39, 0.29) is 17.1 Å². The molecule has 1 fully saturated rings. The van der Waals surface area contributed by atoms with Gasteiger partial charge in [0.05, 0.1) is 36.4 Å². The van der Waals surface area contributed by atoms with Gasteiger partial charge in [-0.3, -0.25) is 5.10 Å². The Morgan fingerprint density at radius 2 is 1.76 bits per heavy atom. The summed E-state index contributed by atoms with van der Waals surface area (Å²) in [6, 6.07) is 6.72. The first kappa shape index (κ1) is 17.7. The number of anilines is 2. The second kappa shape index (κ2) is 6.93. The number of hydrogen-bond donors (Lipinski definition) is 2. The molecule has 0 amide bonds. The number of benzene rings is 2. The highest BCUT2D eigenvalue weighted by Crippen LogP contribution is 2.41. The van der Waals surface area contributed by atoms with Crippen molar-refractivity contribution in [3.05, 3.63) is 59.5 Å². The van der Waals surface area contributed by atoms with Gasteiger partial charge in [-0.15, -0.1) is 0 Å². The van der Waals surface area contributed by atoms with Gasteiger partial charge in [0.25, 0.3) is 0 Å². The molecule has 0 bridgehead atoms.